The van der Waals surface area contributed by atoms with Crippen LogP contribution in [0.25, 0.3) is 11.0 Å². The fraction of sp³-hybridized carbons (Fsp3) is 0.364. The van der Waals surface area contributed by atoms with Crippen LogP contribution in [0.3, 0.4) is 0 Å². The van der Waals surface area contributed by atoms with E-state index in [0.717, 1.165) is 36.8 Å². The van der Waals surface area contributed by atoms with Crippen LogP contribution in [0.2, 0.25) is 0 Å². The van der Waals surface area contributed by atoms with Crippen LogP contribution in [-0.2, 0) is 11.2 Å². The van der Waals surface area contributed by atoms with Crippen molar-refractivity contribution >= 4 is 34.5 Å². The predicted octanol–water partition coefficient (Wildman–Crippen LogP) is 5.01. The van der Waals surface area contributed by atoms with Crippen LogP contribution in [0.15, 0.2) is 67.0 Å². The SMILES string of the molecule is CCCc1ccnc(NC(=O)c2ccc(Oc3ccnc4[nH]nc(NC5CCN(C(=O)/C=C/CN(C)C6CC6)C5)c34)cc2)c1. The highest BCUT2D eigenvalue weighted by atomic mass is 16.5. The molecule has 1 aromatic carbocycles. The summed E-state index contributed by atoms with van der Waals surface area (Å²) in [6.07, 6.45) is 12.3. The summed E-state index contributed by atoms with van der Waals surface area (Å²) >= 11 is 0. The molecule has 1 aliphatic heterocycles. The van der Waals surface area contributed by atoms with Crippen molar-refractivity contribution in [2.75, 3.05) is 37.3 Å². The molecule has 11 heteroatoms. The second-order valence-electron chi connectivity index (χ2n) is 11.5. The molecule has 6 rings (SSSR count). The van der Waals surface area contributed by atoms with Gasteiger partial charge in [-0.3, -0.25) is 19.6 Å². The number of amides is 2. The summed E-state index contributed by atoms with van der Waals surface area (Å²) in [5, 5.41) is 14.5. The van der Waals surface area contributed by atoms with Gasteiger partial charge >= 0.3 is 0 Å². The van der Waals surface area contributed by atoms with Gasteiger partial charge in [-0.25, -0.2) is 9.97 Å². The van der Waals surface area contributed by atoms with E-state index in [1.165, 1.54) is 12.8 Å². The molecule has 0 bridgehead atoms. The Kier molecular flexibility index (Phi) is 8.83. The van der Waals surface area contributed by atoms with Crippen molar-refractivity contribution < 1.29 is 14.3 Å². The number of pyridine rings is 2. The Morgan fingerprint density at radius 1 is 1.11 bits per heavy atom. The molecule has 1 aliphatic carbocycles. The Bertz CT molecular complexity index is 1650. The van der Waals surface area contributed by atoms with Gasteiger partial charge in [0.25, 0.3) is 5.91 Å². The smallest absolute Gasteiger partial charge is 0.256 e. The fourth-order valence-electron chi connectivity index (χ4n) is 5.45. The Morgan fingerprint density at radius 3 is 2.73 bits per heavy atom. The molecule has 0 radical (unpaired) electrons. The minimum absolute atomic E-state index is 0.0366. The zero-order valence-electron chi connectivity index (χ0n) is 25.1. The molecular formula is C33H38N8O3. The van der Waals surface area contributed by atoms with Crippen LogP contribution in [-0.4, -0.2) is 80.5 Å². The number of carbonyl (C=O) groups excluding carboxylic acids is 2. The number of benzene rings is 1. The molecule has 3 N–H and O–H groups in total. The van der Waals surface area contributed by atoms with E-state index in [4.69, 9.17) is 4.74 Å². The summed E-state index contributed by atoms with van der Waals surface area (Å²) < 4.78 is 6.23. The minimum atomic E-state index is -0.240. The number of H-pyrrole nitrogens is 1. The van der Waals surface area contributed by atoms with Crippen molar-refractivity contribution in [2.45, 2.75) is 51.1 Å². The zero-order chi connectivity index (χ0) is 30.5. The molecule has 1 unspecified atom stereocenters. The predicted molar refractivity (Wildman–Crippen MR) is 170 cm³/mol. The molecule has 1 saturated heterocycles. The summed E-state index contributed by atoms with van der Waals surface area (Å²) in [5.74, 6) is 2.10. The molecule has 4 heterocycles. The van der Waals surface area contributed by atoms with E-state index in [1.807, 2.05) is 23.1 Å². The molecule has 2 amide bonds. The fourth-order valence-corrected chi connectivity index (χ4v) is 5.45. The normalized spacial score (nSPS) is 16.6. The number of rotatable bonds is 12. The van der Waals surface area contributed by atoms with Gasteiger partial charge in [-0.1, -0.05) is 19.4 Å². The maximum absolute atomic E-state index is 12.8. The lowest BCUT2D eigenvalue weighted by molar-refractivity contribution is -0.125. The van der Waals surface area contributed by atoms with Crippen molar-refractivity contribution in [3.63, 3.8) is 0 Å². The second-order valence-corrected chi connectivity index (χ2v) is 11.5. The average molecular weight is 595 g/mol. The number of fused-ring (bicyclic) bond motifs is 1. The summed E-state index contributed by atoms with van der Waals surface area (Å²) in [4.78, 5) is 38.4. The van der Waals surface area contributed by atoms with E-state index in [9.17, 15) is 9.59 Å². The first-order valence-corrected chi connectivity index (χ1v) is 15.3. The monoisotopic (exact) mass is 594 g/mol. The van der Waals surface area contributed by atoms with Crippen LogP contribution < -0.4 is 15.4 Å². The van der Waals surface area contributed by atoms with Crippen molar-refractivity contribution in [1.82, 2.24) is 30.0 Å². The van der Waals surface area contributed by atoms with Gasteiger partial charge in [-0.15, -0.1) is 0 Å². The number of likely N-dealkylation sites (N-methyl/N-ethyl adjacent to an activating group) is 1. The lowest BCUT2D eigenvalue weighted by Gasteiger charge is -2.16. The van der Waals surface area contributed by atoms with Crippen molar-refractivity contribution in [2.24, 2.45) is 0 Å². The Morgan fingerprint density at radius 2 is 1.93 bits per heavy atom. The summed E-state index contributed by atoms with van der Waals surface area (Å²) in [6.45, 7) is 4.19. The van der Waals surface area contributed by atoms with Gasteiger partial charge in [0.2, 0.25) is 5.91 Å². The highest BCUT2D eigenvalue weighted by Crippen LogP contribution is 2.34. The number of hydrogen-bond acceptors (Lipinski definition) is 8. The van der Waals surface area contributed by atoms with Crippen LogP contribution >= 0.6 is 0 Å². The number of anilines is 2. The van der Waals surface area contributed by atoms with Crippen molar-refractivity contribution in [1.29, 1.82) is 0 Å². The van der Waals surface area contributed by atoms with Gasteiger partial charge in [0.05, 0.1) is 0 Å². The molecule has 3 aromatic heterocycles. The van der Waals surface area contributed by atoms with E-state index < -0.39 is 0 Å². The first-order valence-electron chi connectivity index (χ1n) is 15.3. The van der Waals surface area contributed by atoms with Crippen LogP contribution in [0.5, 0.6) is 11.5 Å². The van der Waals surface area contributed by atoms with E-state index in [2.05, 4.69) is 49.7 Å². The first-order chi connectivity index (χ1) is 21.5. The van der Waals surface area contributed by atoms with Gasteiger partial charge in [0, 0.05) is 61.8 Å². The lowest BCUT2D eigenvalue weighted by Crippen LogP contribution is -2.30. The number of aromatic amines is 1. The van der Waals surface area contributed by atoms with Gasteiger partial charge in [0.15, 0.2) is 11.5 Å². The van der Waals surface area contributed by atoms with E-state index >= 15 is 0 Å². The van der Waals surface area contributed by atoms with Gasteiger partial charge in [-0.2, -0.15) is 5.10 Å². The Labute approximate surface area is 256 Å². The third kappa shape index (κ3) is 7.05. The largest absolute Gasteiger partial charge is 0.456 e. The van der Waals surface area contributed by atoms with Gasteiger partial charge in [0.1, 0.15) is 22.7 Å². The lowest BCUT2D eigenvalue weighted by atomic mass is 10.1. The van der Waals surface area contributed by atoms with Crippen LogP contribution in [0.4, 0.5) is 11.6 Å². The summed E-state index contributed by atoms with van der Waals surface area (Å²) in [7, 11) is 2.10. The molecule has 2 fully saturated rings. The zero-order valence-corrected chi connectivity index (χ0v) is 25.1. The highest BCUT2D eigenvalue weighted by molar-refractivity contribution is 6.03. The summed E-state index contributed by atoms with van der Waals surface area (Å²) in [6, 6.07) is 13.3. The second kappa shape index (κ2) is 13.3. The molecule has 44 heavy (non-hydrogen) atoms. The van der Waals surface area contributed by atoms with E-state index in [0.29, 0.717) is 53.5 Å². The topological polar surface area (TPSA) is 128 Å². The number of ether oxygens (including phenoxy) is 1. The molecule has 2 aliphatic rings. The molecule has 1 atom stereocenters. The van der Waals surface area contributed by atoms with Crippen molar-refractivity contribution in [3.05, 3.63) is 78.1 Å². The molecule has 4 aromatic rings. The molecular weight excluding hydrogens is 556 g/mol. The highest BCUT2D eigenvalue weighted by Gasteiger charge is 2.27. The number of hydrogen-bond donors (Lipinski definition) is 3. The number of nitrogens with zero attached hydrogens (tertiary/aromatic N) is 5. The number of aryl methyl sites for hydroxylation is 1. The number of aromatic nitrogens is 4. The third-order valence-electron chi connectivity index (χ3n) is 8.04. The quantitative estimate of drug-likeness (QED) is 0.195. The maximum atomic E-state index is 12.8. The molecule has 228 valence electrons. The maximum Gasteiger partial charge on any atom is 0.256 e. The third-order valence-corrected chi connectivity index (χ3v) is 8.04. The van der Waals surface area contributed by atoms with E-state index in [1.54, 1.807) is 48.8 Å². The number of nitrogens with one attached hydrogen (secondary N) is 3. The van der Waals surface area contributed by atoms with Crippen molar-refractivity contribution in [3.8, 4) is 11.5 Å². The van der Waals surface area contributed by atoms with Crippen LogP contribution in [0, 0.1) is 0 Å². The molecule has 1 saturated carbocycles. The Balaban J connectivity index is 1.07. The van der Waals surface area contributed by atoms with Gasteiger partial charge < -0.3 is 20.3 Å². The summed E-state index contributed by atoms with van der Waals surface area (Å²) in [5.41, 5.74) is 2.22. The van der Waals surface area contributed by atoms with E-state index in [-0.39, 0.29) is 17.9 Å². The first kappa shape index (κ1) is 29.3. The van der Waals surface area contributed by atoms with Gasteiger partial charge in [-0.05, 0) is 74.7 Å². The Hall–Kier alpha value is -4.77. The number of likely N-dealkylation sites (tertiary alicyclic amines) is 1. The van der Waals surface area contributed by atoms with Crippen LogP contribution in [0.1, 0.15) is 48.5 Å². The average Bonchev–Trinajstić information content (AvgIpc) is 3.64. The molecule has 0 spiro atoms. The molecule has 11 nitrogen and oxygen atoms in total. The minimum Gasteiger partial charge on any atom is -0.456 e. The standard InChI is InChI=1S/C33H38N8O3/c1-3-5-22-13-16-34-28(20-22)37-33(43)23-7-11-26(12-8-23)44-27-14-17-35-31-30(27)32(39-38-31)36-24-15-19-41(21-24)29(42)6-4-18-40(2)25-9-10-25/h4,6-8,11-14,16-17,20,24-25H,3,5,9-10,15,18-19,21H2,1-2H3,(H,34,37,43)(H2,35,36,38,39)/b6-4+. The number of carbonyl (C=O) groups is 2.